The Labute approximate surface area is 187 Å². The fourth-order valence-corrected chi connectivity index (χ4v) is 4.74. The van der Waals surface area contributed by atoms with E-state index in [0.717, 1.165) is 0 Å². The summed E-state index contributed by atoms with van der Waals surface area (Å²) in [7, 11) is -3.74. The van der Waals surface area contributed by atoms with Crippen molar-refractivity contribution in [3.8, 4) is 0 Å². The highest BCUT2D eigenvalue weighted by Crippen LogP contribution is 2.18. The van der Waals surface area contributed by atoms with Gasteiger partial charge in [-0.3, -0.25) is 9.59 Å². The average molecular weight is 465 g/mol. The zero-order valence-corrected chi connectivity index (χ0v) is 19.1. The molecule has 2 heterocycles. The number of sulfonamides is 1. The summed E-state index contributed by atoms with van der Waals surface area (Å²) in [4.78, 5) is 25.5. The number of aromatic nitrogens is 1. The molecule has 0 radical (unpaired) electrons. The van der Waals surface area contributed by atoms with Crippen molar-refractivity contribution in [2.24, 2.45) is 5.92 Å². The maximum atomic E-state index is 12.9. The number of carbonyl (C=O) groups is 2. The fourth-order valence-electron chi connectivity index (χ4n) is 3.28. The third-order valence-corrected chi connectivity index (χ3v) is 6.95. The molecule has 2 amide bonds. The number of aryl methyl sites for hydroxylation is 1. The second-order valence-electron chi connectivity index (χ2n) is 7.89. The van der Waals surface area contributed by atoms with Gasteiger partial charge < -0.3 is 19.9 Å². The monoisotopic (exact) mass is 464 g/mol. The SMILES string of the molecule is Cc1cc(CNC(=O)C(NC(=O)c2cccc(S(=O)(=O)N3CCOCC3)c2)C(C)C)no1. The van der Waals surface area contributed by atoms with Gasteiger partial charge in [0.25, 0.3) is 5.91 Å². The van der Waals surface area contributed by atoms with Crippen molar-refractivity contribution < 1.29 is 27.3 Å². The van der Waals surface area contributed by atoms with Crippen molar-refractivity contribution >= 4 is 21.8 Å². The Morgan fingerprint density at radius 2 is 1.91 bits per heavy atom. The zero-order valence-electron chi connectivity index (χ0n) is 18.3. The lowest BCUT2D eigenvalue weighted by molar-refractivity contribution is -0.124. The molecule has 1 aromatic heterocycles. The molecule has 0 bridgehead atoms. The first-order valence-electron chi connectivity index (χ1n) is 10.4. The predicted octanol–water partition coefficient (Wildman–Crippen LogP) is 1.07. The van der Waals surface area contributed by atoms with Gasteiger partial charge in [-0.15, -0.1) is 0 Å². The highest BCUT2D eigenvalue weighted by Gasteiger charge is 2.28. The van der Waals surface area contributed by atoms with Gasteiger partial charge in [0, 0.05) is 24.7 Å². The van der Waals surface area contributed by atoms with E-state index >= 15 is 0 Å². The largest absolute Gasteiger partial charge is 0.379 e. The Hall–Kier alpha value is -2.76. The van der Waals surface area contributed by atoms with Crippen LogP contribution in [0.25, 0.3) is 0 Å². The lowest BCUT2D eigenvalue weighted by atomic mass is 10.0. The van der Waals surface area contributed by atoms with E-state index in [1.807, 2.05) is 13.8 Å². The molecule has 2 aromatic rings. The number of rotatable bonds is 8. The van der Waals surface area contributed by atoms with Crippen LogP contribution in [0, 0.1) is 12.8 Å². The molecule has 1 atom stereocenters. The van der Waals surface area contributed by atoms with Crippen molar-refractivity contribution in [1.82, 2.24) is 20.1 Å². The quantitative estimate of drug-likeness (QED) is 0.598. The Morgan fingerprint density at radius 1 is 1.19 bits per heavy atom. The summed E-state index contributed by atoms with van der Waals surface area (Å²) in [5.41, 5.74) is 0.732. The van der Waals surface area contributed by atoms with Crippen LogP contribution in [0.5, 0.6) is 0 Å². The van der Waals surface area contributed by atoms with Crippen molar-refractivity contribution in [3.05, 3.63) is 47.3 Å². The van der Waals surface area contributed by atoms with Gasteiger partial charge in [0.1, 0.15) is 17.5 Å². The fraction of sp³-hybridized carbons (Fsp3) is 0.476. The number of hydrogen-bond acceptors (Lipinski definition) is 7. The van der Waals surface area contributed by atoms with Gasteiger partial charge in [-0.2, -0.15) is 4.31 Å². The van der Waals surface area contributed by atoms with E-state index in [4.69, 9.17) is 9.26 Å². The summed E-state index contributed by atoms with van der Waals surface area (Å²) < 4.78 is 37.3. The van der Waals surface area contributed by atoms with Crippen LogP contribution >= 0.6 is 0 Å². The molecule has 11 heteroatoms. The second-order valence-corrected chi connectivity index (χ2v) is 9.82. The highest BCUT2D eigenvalue weighted by atomic mass is 32.2. The Balaban J connectivity index is 1.70. The molecular formula is C21H28N4O6S. The third kappa shape index (κ3) is 5.72. The first-order valence-corrected chi connectivity index (χ1v) is 11.8. The van der Waals surface area contributed by atoms with Gasteiger partial charge in [0.05, 0.1) is 24.7 Å². The predicted molar refractivity (Wildman–Crippen MR) is 115 cm³/mol. The molecule has 1 saturated heterocycles. The Bertz CT molecular complexity index is 1060. The number of morpholine rings is 1. The van der Waals surface area contributed by atoms with Crippen molar-refractivity contribution in [2.45, 2.75) is 38.3 Å². The second kappa shape index (κ2) is 10.2. The molecule has 0 saturated carbocycles. The van der Waals surface area contributed by atoms with Crippen LogP contribution in [0.3, 0.4) is 0 Å². The lowest BCUT2D eigenvalue weighted by Crippen LogP contribution is -2.49. The minimum atomic E-state index is -3.74. The minimum Gasteiger partial charge on any atom is -0.379 e. The van der Waals surface area contributed by atoms with Gasteiger partial charge in [-0.1, -0.05) is 25.1 Å². The number of nitrogens with zero attached hydrogens (tertiary/aromatic N) is 2. The molecule has 0 aliphatic carbocycles. The van der Waals surface area contributed by atoms with Gasteiger partial charge in [0.15, 0.2) is 0 Å². The first-order chi connectivity index (χ1) is 15.2. The molecule has 1 fully saturated rings. The normalized spacial score (nSPS) is 16.0. The number of hydrogen-bond donors (Lipinski definition) is 2. The van der Waals surface area contributed by atoms with Gasteiger partial charge in [0.2, 0.25) is 15.9 Å². The van der Waals surface area contributed by atoms with Crippen LogP contribution < -0.4 is 10.6 Å². The standard InChI is InChI=1S/C21H28N4O6S/c1-14(2)19(21(27)22-13-17-11-15(3)31-24-17)23-20(26)16-5-4-6-18(12-16)32(28,29)25-7-9-30-10-8-25/h4-6,11-12,14,19H,7-10,13H2,1-3H3,(H,22,27)(H,23,26). The van der Waals surface area contributed by atoms with Crippen molar-refractivity contribution in [1.29, 1.82) is 0 Å². The van der Waals surface area contributed by atoms with E-state index in [-0.39, 0.29) is 41.9 Å². The number of benzene rings is 1. The van der Waals surface area contributed by atoms with E-state index in [1.165, 1.54) is 28.6 Å². The molecule has 1 aliphatic rings. The van der Waals surface area contributed by atoms with E-state index in [9.17, 15) is 18.0 Å². The zero-order chi connectivity index (χ0) is 23.3. The summed E-state index contributed by atoms with van der Waals surface area (Å²) in [6.07, 6.45) is 0. The number of carbonyl (C=O) groups excluding carboxylic acids is 2. The van der Waals surface area contributed by atoms with Crippen LogP contribution in [0.2, 0.25) is 0 Å². The van der Waals surface area contributed by atoms with Gasteiger partial charge >= 0.3 is 0 Å². The molecule has 2 N–H and O–H groups in total. The van der Waals surface area contributed by atoms with E-state index in [2.05, 4.69) is 15.8 Å². The van der Waals surface area contributed by atoms with Crippen LogP contribution in [0.4, 0.5) is 0 Å². The van der Waals surface area contributed by atoms with E-state index in [1.54, 1.807) is 13.0 Å². The number of ether oxygens (including phenoxy) is 1. The third-order valence-electron chi connectivity index (χ3n) is 5.06. The summed E-state index contributed by atoms with van der Waals surface area (Å²) in [5, 5.41) is 9.27. The maximum Gasteiger partial charge on any atom is 0.251 e. The Morgan fingerprint density at radius 3 is 2.53 bits per heavy atom. The molecule has 174 valence electrons. The van der Waals surface area contributed by atoms with Crippen LogP contribution in [-0.2, 0) is 26.1 Å². The summed E-state index contributed by atoms with van der Waals surface area (Å²) in [6.45, 7) is 6.73. The smallest absolute Gasteiger partial charge is 0.251 e. The summed E-state index contributed by atoms with van der Waals surface area (Å²) >= 11 is 0. The number of amides is 2. The lowest BCUT2D eigenvalue weighted by Gasteiger charge is -2.26. The molecule has 1 aliphatic heterocycles. The molecular weight excluding hydrogens is 436 g/mol. The summed E-state index contributed by atoms with van der Waals surface area (Å²) in [5.74, 6) is -0.464. The number of nitrogens with one attached hydrogen (secondary N) is 2. The highest BCUT2D eigenvalue weighted by molar-refractivity contribution is 7.89. The molecule has 0 spiro atoms. The van der Waals surface area contributed by atoms with E-state index < -0.39 is 22.0 Å². The van der Waals surface area contributed by atoms with Crippen LogP contribution in [-0.4, -0.2) is 62.0 Å². The maximum absolute atomic E-state index is 12.9. The minimum absolute atomic E-state index is 0.0269. The van der Waals surface area contributed by atoms with Gasteiger partial charge in [-0.05, 0) is 31.0 Å². The molecule has 32 heavy (non-hydrogen) atoms. The van der Waals surface area contributed by atoms with Crippen LogP contribution in [0.15, 0.2) is 39.8 Å². The van der Waals surface area contributed by atoms with Crippen LogP contribution in [0.1, 0.15) is 35.7 Å². The molecule has 10 nitrogen and oxygen atoms in total. The van der Waals surface area contributed by atoms with E-state index in [0.29, 0.717) is 24.7 Å². The average Bonchev–Trinajstić information content (AvgIpc) is 3.21. The summed E-state index contributed by atoms with van der Waals surface area (Å²) in [6, 6.07) is 6.71. The molecule has 1 unspecified atom stereocenters. The topological polar surface area (TPSA) is 131 Å². The first kappa shape index (κ1) is 23.9. The van der Waals surface area contributed by atoms with Crippen molar-refractivity contribution in [2.75, 3.05) is 26.3 Å². The van der Waals surface area contributed by atoms with Crippen molar-refractivity contribution in [3.63, 3.8) is 0 Å². The molecule has 1 aromatic carbocycles. The molecule has 3 rings (SSSR count). The Kier molecular flexibility index (Phi) is 7.64. The van der Waals surface area contributed by atoms with Gasteiger partial charge in [-0.25, -0.2) is 8.42 Å².